The number of benzene rings is 1. The van der Waals surface area contributed by atoms with Crippen LogP contribution in [-0.4, -0.2) is 62.1 Å². The molecule has 3 rings (SSSR count). The predicted octanol–water partition coefficient (Wildman–Crippen LogP) is 4.20. The first-order chi connectivity index (χ1) is 15.8. The number of carboxylic acid groups (broad SMARTS) is 1. The lowest BCUT2D eigenvalue weighted by atomic mass is 10.0. The molecule has 1 saturated heterocycles. The molecule has 1 aromatic carbocycles. The van der Waals surface area contributed by atoms with Crippen molar-refractivity contribution in [1.82, 2.24) is 9.88 Å². The van der Waals surface area contributed by atoms with E-state index in [-0.39, 0.29) is 18.5 Å². The maximum Gasteiger partial charge on any atom is 0.490 e. The van der Waals surface area contributed by atoms with E-state index in [1.807, 2.05) is 12.1 Å². The highest BCUT2D eigenvalue weighted by Crippen LogP contribution is 2.36. The third-order valence-corrected chi connectivity index (χ3v) is 6.16. The van der Waals surface area contributed by atoms with Crippen LogP contribution in [0.5, 0.6) is 0 Å². The molecule has 2 aromatic rings. The van der Waals surface area contributed by atoms with E-state index in [2.05, 4.69) is 4.98 Å². The summed E-state index contributed by atoms with van der Waals surface area (Å²) < 4.78 is 31.7. The van der Waals surface area contributed by atoms with Crippen LogP contribution in [0.3, 0.4) is 0 Å². The van der Waals surface area contributed by atoms with Gasteiger partial charge in [0.05, 0.1) is 17.3 Å². The van der Waals surface area contributed by atoms with Gasteiger partial charge in [0.15, 0.2) is 0 Å². The third-order valence-electron chi connectivity index (χ3n) is 4.68. The quantitative estimate of drug-likeness (QED) is 0.434. The minimum atomic E-state index is -5.08. The number of urea groups is 1. The molecule has 8 nitrogen and oxygen atoms in total. The van der Waals surface area contributed by atoms with E-state index < -0.39 is 17.7 Å². The zero-order valence-electron chi connectivity index (χ0n) is 18.0. The van der Waals surface area contributed by atoms with Gasteiger partial charge in [-0.3, -0.25) is 9.78 Å². The van der Waals surface area contributed by atoms with Crippen molar-refractivity contribution >= 4 is 47.0 Å². The Hall–Kier alpha value is -2.83. The van der Waals surface area contributed by atoms with Gasteiger partial charge in [-0.15, -0.1) is 11.8 Å². The summed E-state index contributed by atoms with van der Waals surface area (Å²) in [5.41, 5.74) is 0.362. The summed E-state index contributed by atoms with van der Waals surface area (Å²) in [7, 11) is 0. The Labute approximate surface area is 202 Å². The van der Waals surface area contributed by atoms with Crippen molar-refractivity contribution in [1.29, 1.82) is 0 Å². The van der Waals surface area contributed by atoms with Gasteiger partial charge in [-0.25, -0.2) is 14.5 Å². The molecular weight excluding hydrogens is 499 g/mol. The van der Waals surface area contributed by atoms with Crippen LogP contribution in [0.4, 0.5) is 23.7 Å². The molecule has 2 N–H and O–H groups in total. The minimum absolute atomic E-state index is 0.0456. The molecule has 184 valence electrons. The average Bonchev–Trinajstić information content (AvgIpc) is 2.93. The van der Waals surface area contributed by atoms with Gasteiger partial charge < -0.3 is 15.1 Å². The fourth-order valence-electron chi connectivity index (χ4n) is 2.90. The first-order valence-corrected chi connectivity index (χ1v) is 11.1. The fraction of sp³-hybridized carbons (Fsp3) is 0.333. The van der Waals surface area contributed by atoms with Crippen LogP contribution in [-0.2, 0) is 16.1 Å². The predicted molar refractivity (Wildman–Crippen MR) is 120 cm³/mol. The molecule has 1 aliphatic rings. The number of carboxylic acids is 1. The summed E-state index contributed by atoms with van der Waals surface area (Å²) in [6, 6.07) is 8.34. The molecule has 0 bridgehead atoms. The van der Waals surface area contributed by atoms with Crippen LogP contribution in [0.1, 0.15) is 19.4 Å². The van der Waals surface area contributed by atoms with Crippen molar-refractivity contribution in [2.24, 2.45) is 0 Å². The molecule has 0 unspecified atom stereocenters. The molecule has 2 heterocycles. The number of aliphatic carboxylic acids is 1. The van der Waals surface area contributed by atoms with Gasteiger partial charge >= 0.3 is 18.2 Å². The summed E-state index contributed by atoms with van der Waals surface area (Å²) in [6.45, 7) is 3.84. The Balaban J connectivity index is 0.000000509. The van der Waals surface area contributed by atoms with Gasteiger partial charge in [-0.1, -0.05) is 11.6 Å². The van der Waals surface area contributed by atoms with E-state index in [1.54, 1.807) is 49.3 Å². The van der Waals surface area contributed by atoms with E-state index in [9.17, 15) is 22.8 Å². The van der Waals surface area contributed by atoms with Gasteiger partial charge in [0.1, 0.15) is 5.54 Å². The zero-order chi connectivity index (χ0) is 25.7. The van der Waals surface area contributed by atoms with Crippen LogP contribution < -0.4 is 4.90 Å². The van der Waals surface area contributed by atoms with E-state index in [4.69, 9.17) is 26.6 Å². The maximum absolute atomic E-state index is 13.0. The maximum atomic E-state index is 13.0. The molecule has 0 aliphatic carbocycles. The molecule has 0 radical (unpaired) electrons. The minimum Gasteiger partial charge on any atom is -0.475 e. The number of anilines is 1. The van der Waals surface area contributed by atoms with Crippen molar-refractivity contribution in [3.63, 3.8) is 0 Å². The van der Waals surface area contributed by atoms with Crippen LogP contribution in [0, 0.1) is 0 Å². The van der Waals surface area contributed by atoms with E-state index in [0.29, 0.717) is 23.0 Å². The first kappa shape index (κ1) is 27.4. The monoisotopic (exact) mass is 519 g/mol. The number of nitrogens with zero attached hydrogens (tertiary/aromatic N) is 3. The van der Waals surface area contributed by atoms with Gasteiger partial charge in [-0.2, -0.15) is 13.2 Å². The number of carbonyl (C=O) groups is 3. The number of thioether (sulfide) groups is 1. The molecule has 3 amide bonds. The van der Waals surface area contributed by atoms with Crippen LogP contribution in [0.15, 0.2) is 47.6 Å². The Bertz CT molecular complexity index is 1050. The normalized spacial score (nSPS) is 15.3. The first-order valence-electron chi connectivity index (χ1n) is 9.69. The van der Waals surface area contributed by atoms with Crippen molar-refractivity contribution in [2.75, 3.05) is 17.3 Å². The zero-order valence-corrected chi connectivity index (χ0v) is 19.6. The average molecular weight is 520 g/mol. The van der Waals surface area contributed by atoms with Crippen molar-refractivity contribution in [2.45, 2.75) is 37.0 Å². The van der Waals surface area contributed by atoms with Crippen LogP contribution in [0.25, 0.3) is 0 Å². The summed E-state index contributed by atoms with van der Waals surface area (Å²) in [5, 5.41) is 16.5. The number of carbonyl (C=O) groups excluding carboxylic acids is 2. The highest BCUT2D eigenvalue weighted by molar-refractivity contribution is 7.99. The molecule has 0 atom stereocenters. The summed E-state index contributed by atoms with van der Waals surface area (Å²) in [5.74, 6) is -2.53. The van der Waals surface area contributed by atoms with Crippen molar-refractivity contribution in [3.05, 3.63) is 53.3 Å². The Morgan fingerprint density at radius 3 is 2.26 bits per heavy atom. The summed E-state index contributed by atoms with van der Waals surface area (Å²) in [6.07, 6.45) is -1.77. The molecular formula is C21H21ClF3N3O5S. The van der Waals surface area contributed by atoms with Crippen molar-refractivity contribution in [3.8, 4) is 0 Å². The third kappa shape index (κ3) is 6.39. The highest BCUT2D eigenvalue weighted by Gasteiger charge is 2.51. The Morgan fingerprint density at radius 1 is 1.18 bits per heavy atom. The molecule has 0 spiro atoms. The lowest BCUT2D eigenvalue weighted by Crippen LogP contribution is -2.43. The van der Waals surface area contributed by atoms with Gasteiger partial charge in [0, 0.05) is 29.6 Å². The molecule has 34 heavy (non-hydrogen) atoms. The van der Waals surface area contributed by atoms with E-state index >= 15 is 0 Å². The van der Waals surface area contributed by atoms with Gasteiger partial charge in [0.2, 0.25) is 0 Å². The number of rotatable bonds is 6. The Morgan fingerprint density at radius 2 is 1.76 bits per heavy atom. The smallest absolute Gasteiger partial charge is 0.475 e. The second-order valence-electron chi connectivity index (χ2n) is 7.41. The van der Waals surface area contributed by atoms with Gasteiger partial charge in [-0.05, 0) is 49.7 Å². The van der Waals surface area contributed by atoms with Gasteiger partial charge in [0.25, 0.3) is 5.91 Å². The highest BCUT2D eigenvalue weighted by atomic mass is 35.5. The molecule has 13 heteroatoms. The summed E-state index contributed by atoms with van der Waals surface area (Å²) in [4.78, 5) is 42.4. The number of halogens is 4. The number of pyridine rings is 1. The number of aliphatic hydroxyl groups excluding tert-OH is 1. The standard InChI is InChI=1S/C19H20ClN3O3S.C2HF3O2/c1-19(2)17(25)23(14-3-4-16(15(20)11-14)27-10-9-24)18(26)22(19)12-13-5-7-21-8-6-13;3-2(4,5)1(6)7/h3-8,11,24H,9-10,12H2,1-2H3;(H,6,7). The number of aromatic nitrogens is 1. The Kier molecular flexibility index (Phi) is 8.92. The van der Waals surface area contributed by atoms with E-state index in [0.717, 1.165) is 10.5 Å². The number of hydrogen-bond acceptors (Lipinski definition) is 6. The topological polar surface area (TPSA) is 111 Å². The summed E-state index contributed by atoms with van der Waals surface area (Å²) >= 11 is 7.72. The number of imide groups is 1. The molecule has 1 aliphatic heterocycles. The molecule has 0 saturated carbocycles. The lowest BCUT2D eigenvalue weighted by molar-refractivity contribution is -0.192. The lowest BCUT2D eigenvalue weighted by Gasteiger charge is -2.27. The molecule has 1 aromatic heterocycles. The van der Waals surface area contributed by atoms with Crippen LogP contribution >= 0.6 is 23.4 Å². The SMILES string of the molecule is CC1(C)C(=O)N(c2ccc(SCCO)c(Cl)c2)C(=O)N1Cc1ccncc1.O=C(O)C(F)(F)F. The number of hydrogen-bond donors (Lipinski definition) is 2. The number of amides is 3. The van der Waals surface area contributed by atoms with E-state index in [1.165, 1.54) is 16.7 Å². The second kappa shape index (κ2) is 11.1. The second-order valence-corrected chi connectivity index (χ2v) is 8.96. The number of aliphatic hydroxyl groups is 1. The fourth-order valence-corrected chi connectivity index (χ4v) is 3.91. The van der Waals surface area contributed by atoms with Crippen LogP contribution in [0.2, 0.25) is 5.02 Å². The van der Waals surface area contributed by atoms with Crippen molar-refractivity contribution < 1.29 is 37.8 Å². The molecule has 1 fully saturated rings. The largest absolute Gasteiger partial charge is 0.490 e. The number of alkyl halides is 3.